The second kappa shape index (κ2) is 6.14. The molecular weight excluding hydrogens is 244 g/mol. The molecule has 2 rings (SSSR count). The minimum Gasteiger partial charge on any atom is -0.382 e. The molecule has 0 bridgehead atoms. The summed E-state index contributed by atoms with van der Waals surface area (Å²) in [4.78, 5) is 13.3. The van der Waals surface area contributed by atoms with Gasteiger partial charge >= 0.3 is 0 Å². The summed E-state index contributed by atoms with van der Waals surface area (Å²) >= 11 is 2.03. The number of thioether (sulfide) groups is 1. The lowest BCUT2D eigenvalue weighted by atomic mass is 10.1. The highest BCUT2D eigenvalue weighted by Gasteiger charge is 2.13. The summed E-state index contributed by atoms with van der Waals surface area (Å²) in [6.45, 7) is 0. The molecular formula is C14H20N2OS. The highest BCUT2D eigenvalue weighted by atomic mass is 32.2. The van der Waals surface area contributed by atoms with Gasteiger partial charge in [-0.15, -0.1) is 0 Å². The Hall–Kier alpha value is -1.16. The van der Waals surface area contributed by atoms with E-state index >= 15 is 0 Å². The molecule has 1 aromatic rings. The molecule has 0 saturated carbocycles. The van der Waals surface area contributed by atoms with Crippen LogP contribution in [0, 0.1) is 0 Å². The number of benzene rings is 1. The lowest BCUT2D eigenvalue weighted by molar-refractivity contribution is 0.0827. The first-order valence-electron chi connectivity index (χ1n) is 6.33. The number of carbonyl (C=O) groups is 1. The standard InChI is InChI=1S/C14H20N2OS/c1-16(2)14(17)11-3-5-12(6-4-11)15-13-7-9-18-10-8-13/h3-6,13,15H,7-10H2,1-2H3. The van der Waals surface area contributed by atoms with Crippen molar-refractivity contribution < 1.29 is 4.79 Å². The maximum Gasteiger partial charge on any atom is 0.253 e. The van der Waals surface area contributed by atoms with Gasteiger partial charge in [-0.25, -0.2) is 0 Å². The number of rotatable bonds is 3. The number of amides is 1. The van der Waals surface area contributed by atoms with Gasteiger partial charge in [0.2, 0.25) is 0 Å². The minimum absolute atomic E-state index is 0.0515. The van der Waals surface area contributed by atoms with Crippen LogP contribution in [0.1, 0.15) is 23.2 Å². The topological polar surface area (TPSA) is 32.3 Å². The molecule has 1 saturated heterocycles. The van der Waals surface area contributed by atoms with Crippen molar-refractivity contribution in [3.05, 3.63) is 29.8 Å². The Morgan fingerprint density at radius 1 is 1.22 bits per heavy atom. The van der Waals surface area contributed by atoms with Crippen LogP contribution in [-0.4, -0.2) is 42.4 Å². The van der Waals surface area contributed by atoms with Crippen LogP contribution in [0.2, 0.25) is 0 Å². The van der Waals surface area contributed by atoms with E-state index in [4.69, 9.17) is 0 Å². The first-order valence-corrected chi connectivity index (χ1v) is 7.48. The van der Waals surface area contributed by atoms with E-state index in [2.05, 4.69) is 5.32 Å². The Morgan fingerprint density at radius 2 is 1.83 bits per heavy atom. The van der Waals surface area contributed by atoms with Crippen molar-refractivity contribution in [3.63, 3.8) is 0 Å². The lowest BCUT2D eigenvalue weighted by Crippen LogP contribution is -2.24. The fraction of sp³-hybridized carbons (Fsp3) is 0.500. The number of hydrogen-bond acceptors (Lipinski definition) is 3. The average Bonchev–Trinajstić information content (AvgIpc) is 2.40. The molecule has 0 atom stereocenters. The third-order valence-corrected chi connectivity index (χ3v) is 4.18. The van der Waals surface area contributed by atoms with E-state index in [-0.39, 0.29) is 5.91 Å². The minimum atomic E-state index is 0.0515. The van der Waals surface area contributed by atoms with Gasteiger partial charge in [-0.05, 0) is 48.6 Å². The van der Waals surface area contributed by atoms with E-state index in [1.807, 2.05) is 36.0 Å². The summed E-state index contributed by atoms with van der Waals surface area (Å²) in [6.07, 6.45) is 2.45. The monoisotopic (exact) mass is 264 g/mol. The Morgan fingerprint density at radius 3 is 2.39 bits per heavy atom. The number of carbonyl (C=O) groups excluding carboxylic acids is 1. The van der Waals surface area contributed by atoms with Gasteiger partial charge in [0.25, 0.3) is 5.91 Å². The number of hydrogen-bond donors (Lipinski definition) is 1. The Labute approximate surface area is 113 Å². The third kappa shape index (κ3) is 3.42. The van der Waals surface area contributed by atoms with Gasteiger partial charge in [0.15, 0.2) is 0 Å². The van der Waals surface area contributed by atoms with E-state index in [9.17, 15) is 4.79 Å². The van der Waals surface area contributed by atoms with Crippen molar-refractivity contribution in [1.82, 2.24) is 4.90 Å². The zero-order chi connectivity index (χ0) is 13.0. The Balaban J connectivity index is 1.96. The number of anilines is 1. The molecule has 1 fully saturated rings. The zero-order valence-corrected chi connectivity index (χ0v) is 11.8. The normalized spacial score (nSPS) is 16.3. The summed E-state index contributed by atoms with van der Waals surface area (Å²) in [7, 11) is 3.54. The summed E-state index contributed by atoms with van der Waals surface area (Å²) in [5, 5.41) is 3.54. The zero-order valence-electron chi connectivity index (χ0n) is 11.0. The van der Waals surface area contributed by atoms with Gasteiger partial charge in [-0.2, -0.15) is 11.8 Å². The number of nitrogens with zero attached hydrogens (tertiary/aromatic N) is 1. The van der Waals surface area contributed by atoms with Gasteiger partial charge in [0.05, 0.1) is 0 Å². The molecule has 0 unspecified atom stereocenters. The molecule has 1 aliphatic heterocycles. The highest BCUT2D eigenvalue weighted by Crippen LogP contribution is 2.21. The van der Waals surface area contributed by atoms with Crippen LogP contribution >= 0.6 is 11.8 Å². The molecule has 18 heavy (non-hydrogen) atoms. The molecule has 1 aliphatic rings. The van der Waals surface area contributed by atoms with Gasteiger partial charge in [0.1, 0.15) is 0 Å². The lowest BCUT2D eigenvalue weighted by Gasteiger charge is -2.23. The van der Waals surface area contributed by atoms with Crippen molar-refractivity contribution in [2.24, 2.45) is 0 Å². The van der Waals surface area contributed by atoms with Gasteiger partial charge in [0, 0.05) is 31.4 Å². The molecule has 0 radical (unpaired) electrons. The first-order chi connectivity index (χ1) is 8.66. The van der Waals surface area contributed by atoms with Crippen LogP contribution in [0.4, 0.5) is 5.69 Å². The third-order valence-electron chi connectivity index (χ3n) is 3.13. The molecule has 0 aliphatic carbocycles. The van der Waals surface area contributed by atoms with Crippen molar-refractivity contribution in [3.8, 4) is 0 Å². The quantitative estimate of drug-likeness (QED) is 0.911. The second-order valence-corrected chi connectivity index (χ2v) is 6.03. The fourth-order valence-corrected chi connectivity index (χ4v) is 3.15. The van der Waals surface area contributed by atoms with E-state index in [1.165, 1.54) is 24.3 Å². The van der Waals surface area contributed by atoms with Gasteiger partial charge < -0.3 is 10.2 Å². The molecule has 1 amide bonds. The second-order valence-electron chi connectivity index (χ2n) is 4.81. The molecule has 0 spiro atoms. The highest BCUT2D eigenvalue weighted by molar-refractivity contribution is 7.99. The Bertz CT molecular complexity index is 397. The SMILES string of the molecule is CN(C)C(=O)c1ccc(NC2CCSCC2)cc1. The van der Waals surface area contributed by atoms with Crippen LogP contribution in [0.15, 0.2) is 24.3 Å². The summed E-state index contributed by atoms with van der Waals surface area (Å²) in [5.74, 6) is 2.54. The van der Waals surface area contributed by atoms with Crippen molar-refractivity contribution >= 4 is 23.4 Å². The van der Waals surface area contributed by atoms with Crippen molar-refractivity contribution in [2.45, 2.75) is 18.9 Å². The molecule has 1 heterocycles. The predicted octanol–water partition coefficient (Wildman–Crippen LogP) is 2.70. The van der Waals surface area contributed by atoms with E-state index in [1.54, 1.807) is 19.0 Å². The van der Waals surface area contributed by atoms with E-state index in [0.717, 1.165) is 11.3 Å². The summed E-state index contributed by atoms with van der Waals surface area (Å²) in [6, 6.07) is 8.36. The molecule has 0 aromatic heterocycles. The largest absolute Gasteiger partial charge is 0.382 e. The summed E-state index contributed by atoms with van der Waals surface area (Å²) < 4.78 is 0. The van der Waals surface area contributed by atoms with Crippen LogP contribution in [0.5, 0.6) is 0 Å². The number of nitrogens with one attached hydrogen (secondary N) is 1. The van der Waals surface area contributed by atoms with Crippen LogP contribution in [0.3, 0.4) is 0 Å². The molecule has 3 nitrogen and oxygen atoms in total. The first kappa shape index (κ1) is 13.3. The van der Waals surface area contributed by atoms with Crippen LogP contribution in [0.25, 0.3) is 0 Å². The van der Waals surface area contributed by atoms with Crippen molar-refractivity contribution in [1.29, 1.82) is 0 Å². The molecule has 98 valence electrons. The van der Waals surface area contributed by atoms with E-state index < -0.39 is 0 Å². The Kier molecular flexibility index (Phi) is 4.53. The van der Waals surface area contributed by atoms with Gasteiger partial charge in [-0.1, -0.05) is 0 Å². The van der Waals surface area contributed by atoms with Gasteiger partial charge in [-0.3, -0.25) is 4.79 Å². The average molecular weight is 264 g/mol. The van der Waals surface area contributed by atoms with E-state index in [0.29, 0.717) is 6.04 Å². The molecule has 1 N–H and O–H groups in total. The molecule has 1 aromatic carbocycles. The maximum atomic E-state index is 11.7. The molecule has 4 heteroatoms. The predicted molar refractivity (Wildman–Crippen MR) is 78.4 cm³/mol. The van der Waals surface area contributed by atoms with Crippen LogP contribution in [-0.2, 0) is 0 Å². The maximum absolute atomic E-state index is 11.7. The van der Waals surface area contributed by atoms with Crippen LogP contribution < -0.4 is 5.32 Å². The van der Waals surface area contributed by atoms with Crippen molar-refractivity contribution in [2.75, 3.05) is 30.9 Å². The fourth-order valence-electron chi connectivity index (χ4n) is 2.04. The smallest absolute Gasteiger partial charge is 0.253 e. The summed E-state index contributed by atoms with van der Waals surface area (Å²) in [5.41, 5.74) is 1.85.